The Kier molecular flexibility index (Phi) is 22.7. The first-order valence-corrected chi connectivity index (χ1v) is 21.9. The van der Waals surface area contributed by atoms with Crippen LogP contribution in [0.5, 0.6) is 0 Å². The molecule has 0 aromatic heterocycles. The molecule has 6 atom stereocenters. The maximum Gasteiger partial charge on any atom is 0.326 e. The number of nitrogens with zero attached hydrogens (tertiary/aromatic N) is 2. The first-order valence-electron chi connectivity index (χ1n) is 21.3. The van der Waals surface area contributed by atoms with E-state index in [2.05, 4.69) is 59.8 Å². The topological polar surface area (TPSA) is 390 Å². The first-order chi connectivity index (χ1) is 31.5. The number of amides is 6. The molecule has 0 radical (unpaired) electrons. The zero-order valence-corrected chi connectivity index (χ0v) is 37.2. The minimum atomic E-state index is -1.56. The Labute approximate surface area is 386 Å². The average molecular weight is 940 g/mol. The number of aliphatic imine (C=N–C) groups is 2. The second-order valence-electron chi connectivity index (χ2n) is 15.3. The number of nitrogens with one attached hydrogen (secondary N) is 7. The second-order valence-corrected chi connectivity index (χ2v) is 15.7. The van der Waals surface area contributed by atoms with Crippen LogP contribution in [0.15, 0.2) is 70.6 Å². The van der Waals surface area contributed by atoms with Crippen LogP contribution in [0.4, 0.5) is 0 Å². The Morgan fingerprint density at radius 1 is 0.667 bits per heavy atom. The number of carboxylic acids is 2. The van der Waals surface area contributed by atoms with Crippen molar-refractivity contribution in [3.8, 4) is 0 Å². The molecule has 0 saturated carbocycles. The molecule has 1 aliphatic heterocycles. The summed E-state index contributed by atoms with van der Waals surface area (Å²) in [5.41, 5.74) is 23.0. The molecular formula is C42H61N13O10S. The summed E-state index contributed by atoms with van der Waals surface area (Å²) in [6, 6.07) is 10.1. The average Bonchev–Trinajstić information content (AvgIpc) is 3.84. The molecule has 1 saturated heterocycles. The molecule has 2 aromatic rings. The molecule has 0 aliphatic carbocycles. The zero-order valence-electron chi connectivity index (χ0n) is 36.3. The number of carbonyl (C=O) groups is 8. The number of guanidine groups is 2. The lowest BCUT2D eigenvalue weighted by Crippen LogP contribution is -2.60. The van der Waals surface area contributed by atoms with Crippen LogP contribution < -0.4 is 60.2 Å². The standard InChI is InChI=1S/C42H61N13O10S/c43-41(44)48-20-8-15-27(35(59)50-22-31(56)51-29(40(64)65)17-18-32(57)58)53-39(63)34(33(24-10-3-1-4-11-24)25-12-5-2-6-13-25)55-38(62)30(23-66)54-37(61)28(16-9-21-49-42(45)46)52-36(60)26-14-7-19-47-26/h1-6,10-13,26-30,33-34,47,66H,7-9,14-23H2,(H,50,59)(H,51,56)(H,52,60)(H,53,63)(H,54,61)(H,55,62)(H,57,58)(H,64,65)(H4,43,44,48)(H4,45,46,49)/t26-,27-,28-,29-,30+,34-/m0/s1. The minimum Gasteiger partial charge on any atom is -0.481 e. The van der Waals surface area contributed by atoms with Crippen LogP contribution in [0.2, 0.25) is 0 Å². The number of hydrogen-bond donors (Lipinski definition) is 14. The Balaban J connectivity index is 1.96. The van der Waals surface area contributed by atoms with E-state index in [0.717, 1.165) is 6.42 Å². The van der Waals surface area contributed by atoms with E-state index in [9.17, 15) is 43.5 Å². The van der Waals surface area contributed by atoms with Gasteiger partial charge in [-0.3, -0.25) is 43.5 Å². The molecule has 24 heteroatoms. The van der Waals surface area contributed by atoms with Crippen molar-refractivity contribution in [2.75, 3.05) is 31.9 Å². The predicted molar refractivity (Wildman–Crippen MR) is 247 cm³/mol. The van der Waals surface area contributed by atoms with Crippen molar-refractivity contribution in [2.45, 2.75) is 93.5 Å². The van der Waals surface area contributed by atoms with Gasteiger partial charge in [-0.25, -0.2) is 4.79 Å². The lowest BCUT2D eigenvalue weighted by molar-refractivity contribution is -0.143. The third-order valence-electron chi connectivity index (χ3n) is 10.3. The number of carbonyl (C=O) groups excluding carboxylic acids is 6. The summed E-state index contributed by atoms with van der Waals surface area (Å²) in [5, 5.41) is 37.0. The van der Waals surface area contributed by atoms with Gasteiger partial charge in [0.15, 0.2) is 11.9 Å². The summed E-state index contributed by atoms with van der Waals surface area (Å²) in [6.45, 7) is 0.0934. The number of aliphatic carboxylic acids is 2. The van der Waals surface area contributed by atoms with Gasteiger partial charge in [-0.15, -0.1) is 0 Å². The number of hydrogen-bond acceptors (Lipinski definition) is 12. The summed E-state index contributed by atoms with van der Waals surface area (Å²) in [4.78, 5) is 113. The SMILES string of the molecule is NC(N)=NCCC[C@H](NC(=O)[C@@H]1CCCN1)C(=O)N[C@H](CS)C(=O)N[C@H](C(=O)N[C@@H](CCCN=C(N)N)C(=O)NCC(=O)N[C@@H](CCC(=O)O)C(=O)O)C(c1ccccc1)c1ccccc1. The highest BCUT2D eigenvalue weighted by molar-refractivity contribution is 7.80. The van der Waals surface area contributed by atoms with Gasteiger partial charge in [0, 0.05) is 31.2 Å². The molecule has 1 heterocycles. The lowest BCUT2D eigenvalue weighted by atomic mass is 9.84. The van der Waals surface area contributed by atoms with Crippen molar-refractivity contribution in [1.29, 1.82) is 0 Å². The first kappa shape index (κ1) is 53.4. The van der Waals surface area contributed by atoms with Gasteiger partial charge in [0.05, 0.1) is 12.6 Å². The molecule has 0 bridgehead atoms. The van der Waals surface area contributed by atoms with Crippen molar-refractivity contribution in [3.63, 3.8) is 0 Å². The number of rotatable bonds is 28. The maximum atomic E-state index is 14.7. The fourth-order valence-electron chi connectivity index (χ4n) is 6.97. The fraction of sp³-hybridized carbons (Fsp3) is 0.476. The molecule has 3 rings (SSSR count). The quantitative estimate of drug-likeness (QED) is 0.0176. The molecule has 23 nitrogen and oxygen atoms in total. The molecule has 2 aromatic carbocycles. The Bertz CT molecular complexity index is 1980. The van der Waals surface area contributed by atoms with Crippen molar-refractivity contribution >= 4 is 71.9 Å². The predicted octanol–water partition coefficient (Wildman–Crippen LogP) is -2.90. The van der Waals surface area contributed by atoms with Crippen LogP contribution in [0.3, 0.4) is 0 Å². The zero-order chi connectivity index (χ0) is 48.6. The third kappa shape index (κ3) is 18.6. The van der Waals surface area contributed by atoms with Crippen LogP contribution in [0.1, 0.15) is 68.4 Å². The van der Waals surface area contributed by atoms with Gasteiger partial charge in [-0.1, -0.05) is 60.7 Å². The lowest BCUT2D eigenvalue weighted by Gasteiger charge is -2.31. The maximum absolute atomic E-state index is 14.7. The highest BCUT2D eigenvalue weighted by atomic mass is 32.1. The molecule has 66 heavy (non-hydrogen) atoms. The Morgan fingerprint density at radius 3 is 1.68 bits per heavy atom. The Morgan fingerprint density at radius 2 is 1.20 bits per heavy atom. The molecular weight excluding hydrogens is 879 g/mol. The Hall–Kier alpha value is -6.95. The van der Waals surface area contributed by atoms with E-state index in [1.165, 1.54) is 0 Å². The van der Waals surface area contributed by atoms with E-state index in [0.29, 0.717) is 30.5 Å². The molecule has 17 N–H and O–H groups in total. The van der Waals surface area contributed by atoms with Crippen molar-refractivity contribution in [2.24, 2.45) is 32.9 Å². The molecule has 0 unspecified atom stereocenters. The highest BCUT2D eigenvalue weighted by Crippen LogP contribution is 2.29. The largest absolute Gasteiger partial charge is 0.481 e. The van der Waals surface area contributed by atoms with E-state index in [1.54, 1.807) is 60.7 Å². The molecule has 0 spiro atoms. The van der Waals surface area contributed by atoms with Crippen molar-refractivity contribution in [1.82, 2.24) is 37.2 Å². The van der Waals surface area contributed by atoms with Gasteiger partial charge >= 0.3 is 11.9 Å². The number of thiol groups is 1. The van der Waals surface area contributed by atoms with Crippen LogP contribution >= 0.6 is 12.6 Å². The molecule has 1 aliphatic rings. The number of carboxylic acid groups (broad SMARTS) is 2. The molecule has 6 amide bonds. The van der Waals surface area contributed by atoms with Gasteiger partial charge in [0.1, 0.15) is 30.2 Å². The summed E-state index contributed by atoms with van der Waals surface area (Å²) < 4.78 is 0. The number of benzene rings is 2. The van der Waals surface area contributed by atoms with Crippen LogP contribution in [0, 0.1) is 0 Å². The highest BCUT2D eigenvalue weighted by Gasteiger charge is 2.37. The van der Waals surface area contributed by atoms with Gasteiger partial charge in [0.2, 0.25) is 35.4 Å². The van der Waals surface area contributed by atoms with Crippen LogP contribution in [0.25, 0.3) is 0 Å². The summed E-state index contributed by atoms with van der Waals surface area (Å²) in [6.07, 6.45) is 0.844. The third-order valence-corrected chi connectivity index (χ3v) is 10.6. The summed E-state index contributed by atoms with van der Waals surface area (Å²) in [7, 11) is 0. The number of nitrogens with two attached hydrogens (primary N) is 4. The molecule has 1 fully saturated rings. The van der Waals surface area contributed by atoms with E-state index in [4.69, 9.17) is 28.0 Å². The van der Waals surface area contributed by atoms with E-state index in [1.807, 2.05) is 0 Å². The van der Waals surface area contributed by atoms with Crippen molar-refractivity contribution in [3.05, 3.63) is 71.8 Å². The van der Waals surface area contributed by atoms with Gasteiger partial charge in [-0.05, 0) is 62.6 Å². The monoisotopic (exact) mass is 939 g/mol. The smallest absolute Gasteiger partial charge is 0.326 e. The summed E-state index contributed by atoms with van der Waals surface area (Å²) >= 11 is 4.36. The van der Waals surface area contributed by atoms with E-state index < -0.39 is 109 Å². The summed E-state index contributed by atoms with van der Waals surface area (Å²) in [5.74, 6) is -8.89. The van der Waals surface area contributed by atoms with Crippen LogP contribution in [-0.4, -0.2) is 138 Å². The molecule has 360 valence electrons. The van der Waals surface area contributed by atoms with Crippen LogP contribution in [-0.2, 0) is 38.4 Å². The van der Waals surface area contributed by atoms with E-state index >= 15 is 0 Å². The van der Waals surface area contributed by atoms with Gasteiger partial charge < -0.3 is 70.4 Å². The van der Waals surface area contributed by atoms with Crippen molar-refractivity contribution < 1.29 is 48.6 Å². The second kappa shape index (κ2) is 28.1. The van der Waals surface area contributed by atoms with E-state index in [-0.39, 0.29) is 50.0 Å². The fourth-order valence-corrected chi connectivity index (χ4v) is 7.22. The van der Waals surface area contributed by atoms with Gasteiger partial charge in [-0.2, -0.15) is 12.6 Å². The normalized spacial score (nSPS) is 15.3. The minimum absolute atomic E-state index is 0.0411. The van der Waals surface area contributed by atoms with Gasteiger partial charge in [0.25, 0.3) is 0 Å².